The average molecular weight is 319 g/mol. The van der Waals surface area contributed by atoms with E-state index in [-0.39, 0.29) is 0 Å². The van der Waals surface area contributed by atoms with Gasteiger partial charge in [-0.05, 0) is 52.2 Å². The maximum Gasteiger partial charge on any atom is 0.191 e. The first-order chi connectivity index (χ1) is 11.0. The van der Waals surface area contributed by atoms with Crippen LogP contribution < -0.4 is 10.6 Å². The van der Waals surface area contributed by atoms with Crippen molar-refractivity contribution in [3.8, 4) is 0 Å². The lowest BCUT2D eigenvalue weighted by Crippen LogP contribution is -2.41. The third-order valence-electron chi connectivity index (χ3n) is 4.14. The van der Waals surface area contributed by atoms with Crippen molar-refractivity contribution in [1.29, 1.82) is 0 Å². The molecule has 0 aliphatic carbocycles. The highest BCUT2D eigenvalue weighted by Crippen LogP contribution is 2.06. The van der Waals surface area contributed by atoms with Gasteiger partial charge in [0.1, 0.15) is 0 Å². The second kappa shape index (κ2) is 10.3. The number of aliphatic imine (C=N–C) groups is 1. The molecule has 0 unspecified atom stereocenters. The van der Waals surface area contributed by atoms with Gasteiger partial charge in [-0.3, -0.25) is 9.89 Å². The average Bonchev–Trinajstić information content (AvgIpc) is 2.50. The maximum absolute atomic E-state index is 4.30. The SMILES string of the molecule is CN=C(NCCCN(C(C)C)C(C)C)NCc1ccccc1C. The molecule has 0 spiro atoms. The molecule has 0 bridgehead atoms. The first-order valence-corrected chi connectivity index (χ1v) is 8.70. The lowest BCUT2D eigenvalue weighted by atomic mass is 10.1. The Morgan fingerprint density at radius 2 is 1.74 bits per heavy atom. The van der Waals surface area contributed by atoms with Crippen LogP contribution in [-0.4, -0.2) is 43.1 Å². The molecule has 0 saturated carbocycles. The van der Waals surface area contributed by atoms with Crippen LogP contribution in [0.25, 0.3) is 0 Å². The fraction of sp³-hybridized carbons (Fsp3) is 0.632. The van der Waals surface area contributed by atoms with Crippen molar-refractivity contribution in [1.82, 2.24) is 15.5 Å². The van der Waals surface area contributed by atoms with Crippen LogP contribution in [0.1, 0.15) is 45.2 Å². The van der Waals surface area contributed by atoms with E-state index in [1.165, 1.54) is 11.1 Å². The quantitative estimate of drug-likeness (QED) is 0.439. The van der Waals surface area contributed by atoms with Crippen LogP contribution >= 0.6 is 0 Å². The molecule has 0 aromatic heterocycles. The molecule has 1 aromatic carbocycles. The van der Waals surface area contributed by atoms with Crippen molar-refractivity contribution in [2.75, 3.05) is 20.1 Å². The fourth-order valence-corrected chi connectivity index (χ4v) is 2.79. The van der Waals surface area contributed by atoms with Gasteiger partial charge in [-0.2, -0.15) is 0 Å². The van der Waals surface area contributed by atoms with Gasteiger partial charge in [0.25, 0.3) is 0 Å². The van der Waals surface area contributed by atoms with Crippen LogP contribution in [-0.2, 0) is 6.54 Å². The summed E-state index contributed by atoms with van der Waals surface area (Å²) in [6.07, 6.45) is 1.11. The lowest BCUT2D eigenvalue weighted by molar-refractivity contribution is 0.173. The van der Waals surface area contributed by atoms with E-state index in [9.17, 15) is 0 Å². The lowest BCUT2D eigenvalue weighted by Gasteiger charge is -2.30. The van der Waals surface area contributed by atoms with Crippen molar-refractivity contribution in [2.45, 2.75) is 59.7 Å². The summed E-state index contributed by atoms with van der Waals surface area (Å²) in [6.45, 7) is 14.0. The van der Waals surface area contributed by atoms with Crippen molar-refractivity contribution >= 4 is 5.96 Å². The van der Waals surface area contributed by atoms with Gasteiger partial charge in [0, 0.05) is 38.8 Å². The zero-order valence-electron chi connectivity index (χ0n) is 15.7. The van der Waals surface area contributed by atoms with Gasteiger partial charge in [0.05, 0.1) is 0 Å². The third-order valence-corrected chi connectivity index (χ3v) is 4.14. The van der Waals surface area contributed by atoms with Gasteiger partial charge >= 0.3 is 0 Å². The highest BCUT2D eigenvalue weighted by Gasteiger charge is 2.12. The molecule has 4 nitrogen and oxygen atoms in total. The second-order valence-corrected chi connectivity index (χ2v) is 6.56. The van der Waals surface area contributed by atoms with Crippen molar-refractivity contribution in [3.63, 3.8) is 0 Å². The van der Waals surface area contributed by atoms with E-state index in [2.05, 4.69) is 79.4 Å². The van der Waals surface area contributed by atoms with E-state index >= 15 is 0 Å². The number of nitrogens with one attached hydrogen (secondary N) is 2. The Morgan fingerprint density at radius 1 is 1.09 bits per heavy atom. The largest absolute Gasteiger partial charge is 0.356 e. The molecule has 0 amide bonds. The van der Waals surface area contributed by atoms with Gasteiger partial charge in [-0.15, -0.1) is 0 Å². The Bertz CT molecular complexity index is 472. The third kappa shape index (κ3) is 7.04. The molecule has 4 heteroatoms. The summed E-state index contributed by atoms with van der Waals surface area (Å²) in [4.78, 5) is 6.82. The Balaban J connectivity index is 2.33. The fourth-order valence-electron chi connectivity index (χ4n) is 2.79. The smallest absolute Gasteiger partial charge is 0.191 e. The normalized spacial score (nSPS) is 12.3. The van der Waals surface area contributed by atoms with E-state index in [4.69, 9.17) is 0 Å². The Morgan fingerprint density at radius 3 is 2.30 bits per heavy atom. The van der Waals surface area contributed by atoms with E-state index in [1.54, 1.807) is 0 Å². The number of hydrogen-bond donors (Lipinski definition) is 2. The Labute approximate surface area is 142 Å². The zero-order valence-corrected chi connectivity index (χ0v) is 15.7. The highest BCUT2D eigenvalue weighted by atomic mass is 15.2. The van der Waals surface area contributed by atoms with Crippen LogP contribution in [0.2, 0.25) is 0 Å². The molecule has 1 aromatic rings. The van der Waals surface area contributed by atoms with Crippen LogP contribution in [0.5, 0.6) is 0 Å². The summed E-state index contributed by atoms with van der Waals surface area (Å²) in [5.41, 5.74) is 2.61. The standard InChI is InChI=1S/C19H34N4/c1-15(2)23(16(3)4)13-9-12-21-19(20-6)22-14-18-11-8-7-10-17(18)5/h7-8,10-11,15-16H,9,12-14H2,1-6H3,(H2,20,21,22). The van der Waals surface area contributed by atoms with Crippen LogP contribution in [0.15, 0.2) is 29.3 Å². The Kier molecular flexibility index (Phi) is 8.70. The summed E-state index contributed by atoms with van der Waals surface area (Å²) in [5.74, 6) is 0.869. The first-order valence-electron chi connectivity index (χ1n) is 8.70. The minimum Gasteiger partial charge on any atom is -0.356 e. The van der Waals surface area contributed by atoms with Gasteiger partial charge in [0.2, 0.25) is 0 Å². The number of benzene rings is 1. The van der Waals surface area contributed by atoms with Gasteiger partial charge < -0.3 is 10.6 Å². The topological polar surface area (TPSA) is 39.7 Å². The summed E-state index contributed by atoms with van der Waals surface area (Å²) in [7, 11) is 1.82. The highest BCUT2D eigenvalue weighted by molar-refractivity contribution is 5.79. The van der Waals surface area contributed by atoms with Crippen molar-refractivity contribution in [2.24, 2.45) is 4.99 Å². The molecule has 0 radical (unpaired) electrons. The second-order valence-electron chi connectivity index (χ2n) is 6.56. The molecular formula is C19H34N4. The van der Waals surface area contributed by atoms with Crippen molar-refractivity contribution in [3.05, 3.63) is 35.4 Å². The predicted octanol–water partition coefficient (Wildman–Crippen LogP) is 3.17. The number of aryl methyl sites for hydroxylation is 1. The van der Waals surface area contributed by atoms with Crippen molar-refractivity contribution < 1.29 is 0 Å². The molecule has 0 atom stereocenters. The van der Waals surface area contributed by atoms with Gasteiger partial charge in [-0.1, -0.05) is 24.3 Å². The molecule has 0 saturated heterocycles. The summed E-state index contributed by atoms with van der Waals surface area (Å²) in [6, 6.07) is 9.62. The predicted molar refractivity (Wildman–Crippen MR) is 101 cm³/mol. The van der Waals surface area contributed by atoms with Gasteiger partial charge in [0.15, 0.2) is 5.96 Å². The molecule has 0 fully saturated rings. The summed E-state index contributed by atoms with van der Waals surface area (Å²) in [5, 5.41) is 6.79. The monoisotopic (exact) mass is 318 g/mol. The summed E-state index contributed by atoms with van der Waals surface area (Å²) < 4.78 is 0. The number of hydrogen-bond acceptors (Lipinski definition) is 2. The molecule has 130 valence electrons. The van der Waals surface area contributed by atoms with Crippen LogP contribution in [0.4, 0.5) is 0 Å². The molecule has 0 heterocycles. The maximum atomic E-state index is 4.30. The molecule has 1 rings (SSSR count). The van der Waals surface area contributed by atoms with E-state index < -0.39 is 0 Å². The zero-order chi connectivity index (χ0) is 17.2. The van der Waals surface area contributed by atoms with Crippen LogP contribution in [0.3, 0.4) is 0 Å². The minimum atomic E-state index is 0.591. The molecule has 0 aliphatic heterocycles. The summed E-state index contributed by atoms with van der Waals surface area (Å²) >= 11 is 0. The number of rotatable bonds is 8. The molecule has 2 N–H and O–H groups in total. The van der Waals surface area contributed by atoms with Crippen LogP contribution in [0, 0.1) is 6.92 Å². The Hall–Kier alpha value is -1.55. The molecular weight excluding hydrogens is 284 g/mol. The van der Waals surface area contributed by atoms with E-state index in [0.717, 1.165) is 32.0 Å². The number of nitrogens with zero attached hydrogens (tertiary/aromatic N) is 2. The van der Waals surface area contributed by atoms with E-state index in [1.807, 2.05) is 7.05 Å². The van der Waals surface area contributed by atoms with Gasteiger partial charge in [-0.25, -0.2) is 0 Å². The number of guanidine groups is 1. The molecule has 0 aliphatic rings. The molecule has 23 heavy (non-hydrogen) atoms. The van der Waals surface area contributed by atoms with E-state index in [0.29, 0.717) is 12.1 Å². The minimum absolute atomic E-state index is 0.591. The first kappa shape index (κ1) is 19.5.